The Bertz CT molecular complexity index is 1220. The number of carbonyl (C=O) groups excluding carboxylic acids is 4. The SMILES string of the molecule is CCN[C@@H](CO)C(=O)N[C@H](C(=O)N(C)[C@@H]([C@@H](C)CC)[C@@H](CC(=O)N1CCC[C@H]1[C@H](OC)[C@@H](C)C(=O)N[C@H](CO)Cc1ccccc1)OC)C(C)C. The van der Waals surface area contributed by atoms with Gasteiger partial charge in [0, 0.05) is 27.8 Å². The molecule has 0 radical (unpaired) electrons. The molecule has 0 aliphatic carbocycles. The van der Waals surface area contributed by atoms with Crippen molar-refractivity contribution >= 4 is 23.6 Å². The van der Waals surface area contributed by atoms with Crippen molar-refractivity contribution in [3.63, 3.8) is 0 Å². The number of aliphatic hydroxyl groups is 2. The van der Waals surface area contributed by atoms with Crippen molar-refractivity contribution in [2.45, 2.75) is 116 Å². The first-order chi connectivity index (χ1) is 24.3. The number of likely N-dealkylation sites (N-methyl/N-ethyl adjacent to an activating group) is 2. The standard InChI is InChI=1S/C38H65N5O8/c1-10-25(5)34(42(7)38(49)33(24(3)4)41-37(48)29(23-45)39-11-2)31(50-8)21-32(46)43-19-15-18-30(43)35(51-9)26(6)36(47)40-28(22-44)20-27-16-13-12-14-17-27/h12-14,16-17,24-26,28-31,33-35,39,44-45H,10-11,15,18-23H2,1-9H3,(H,40,47)(H,41,48)/t25-,26+,28-,29-,30-,31+,33-,34-,35+/m0/s1. The number of aliphatic hydroxyl groups excluding tert-OH is 2. The lowest BCUT2D eigenvalue weighted by atomic mass is 9.89. The number of rotatable bonds is 22. The predicted octanol–water partition coefficient (Wildman–Crippen LogP) is 1.74. The molecule has 4 amide bonds. The van der Waals surface area contributed by atoms with E-state index in [0.717, 1.165) is 12.0 Å². The summed E-state index contributed by atoms with van der Waals surface area (Å²) in [7, 11) is 4.77. The molecule has 13 nitrogen and oxygen atoms in total. The monoisotopic (exact) mass is 719 g/mol. The summed E-state index contributed by atoms with van der Waals surface area (Å²) in [6.07, 6.45) is 1.39. The molecule has 13 heteroatoms. The first kappa shape index (κ1) is 44.1. The highest BCUT2D eigenvalue weighted by Gasteiger charge is 2.43. The first-order valence-corrected chi connectivity index (χ1v) is 18.5. The van der Waals surface area contributed by atoms with Crippen LogP contribution in [0.5, 0.6) is 0 Å². The molecule has 51 heavy (non-hydrogen) atoms. The fraction of sp³-hybridized carbons (Fsp3) is 0.737. The lowest BCUT2D eigenvalue weighted by Gasteiger charge is -2.41. The van der Waals surface area contributed by atoms with Crippen LogP contribution < -0.4 is 16.0 Å². The summed E-state index contributed by atoms with van der Waals surface area (Å²) in [5.41, 5.74) is 1.00. The van der Waals surface area contributed by atoms with Gasteiger partial charge in [-0.25, -0.2) is 0 Å². The van der Waals surface area contributed by atoms with Gasteiger partial charge >= 0.3 is 0 Å². The van der Waals surface area contributed by atoms with Gasteiger partial charge in [-0.2, -0.15) is 0 Å². The molecular formula is C38H65N5O8. The molecule has 1 heterocycles. The molecular weight excluding hydrogens is 654 g/mol. The molecule has 1 aromatic carbocycles. The van der Waals surface area contributed by atoms with Gasteiger partial charge in [0.1, 0.15) is 12.1 Å². The van der Waals surface area contributed by atoms with Crippen LogP contribution in [0.15, 0.2) is 30.3 Å². The van der Waals surface area contributed by atoms with Crippen molar-refractivity contribution in [2.75, 3.05) is 47.6 Å². The second kappa shape index (κ2) is 22.1. The maximum Gasteiger partial charge on any atom is 0.245 e. The molecule has 1 saturated heterocycles. The molecule has 290 valence electrons. The van der Waals surface area contributed by atoms with E-state index in [1.165, 1.54) is 7.11 Å². The van der Waals surface area contributed by atoms with Gasteiger partial charge in [0.25, 0.3) is 0 Å². The van der Waals surface area contributed by atoms with Crippen LogP contribution in [-0.4, -0.2) is 134 Å². The van der Waals surface area contributed by atoms with Crippen molar-refractivity contribution in [2.24, 2.45) is 17.8 Å². The normalized spacial score (nSPS) is 19.4. The lowest BCUT2D eigenvalue weighted by molar-refractivity contribution is -0.147. The second-order valence-electron chi connectivity index (χ2n) is 14.2. The molecule has 0 bridgehead atoms. The average Bonchev–Trinajstić information content (AvgIpc) is 3.61. The van der Waals surface area contributed by atoms with E-state index in [0.29, 0.717) is 32.4 Å². The van der Waals surface area contributed by atoms with Gasteiger partial charge in [0.05, 0.1) is 55.9 Å². The van der Waals surface area contributed by atoms with Crippen molar-refractivity contribution in [3.05, 3.63) is 35.9 Å². The number of methoxy groups -OCH3 is 2. The summed E-state index contributed by atoms with van der Waals surface area (Å²) in [5.74, 6) is -2.08. The molecule has 0 unspecified atom stereocenters. The van der Waals surface area contributed by atoms with Gasteiger partial charge in [-0.3, -0.25) is 19.2 Å². The highest BCUT2D eigenvalue weighted by molar-refractivity contribution is 5.90. The molecule has 1 aromatic rings. The van der Waals surface area contributed by atoms with Crippen LogP contribution in [0.2, 0.25) is 0 Å². The number of amides is 4. The minimum Gasteiger partial charge on any atom is -0.394 e. The molecule has 0 spiro atoms. The van der Waals surface area contributed by atoms with Crippen LogP contribution in [0.25, 0.3) is 0 Å². The average molecular weight is 720 g/mol. The summed E-state index contributed by atoms with van der Waals surface area (Å²) in [6, 6.07) is 6.65. The zero-order chi connectivity index (χ0) is 38.2. The van der Waals surface area contributed by atoms with E-state index in [1.54, 1.807) is 30.9 Å². The van der Waals surface area contributed by atoms with Crippen LogP contribution in [0, 0.1) is 17.8 Å². The minimum atomic E-state index is -0.855. The molecule has 2 rings (SSSR count). The van der Waals surface area contributed by atoms with Crippen LogP contribution in [0.4, 0.5) is 0 Å². The summed E-state index contributed by atoms with van der Waals surface area (Å²) < 4.78 is 11.9. The maximum atomic E-state index is 14.1. The van der Waals surface area contributed by atoms with E-state index in [2.05, 4.69) is 16.0 Å². The molecule has 1 aliphatic heterocycles. The zero-order valence-electron chi connectivity index (χ0n) is 32.3. The summed E-state index contributed by atoms with van der Waals surface area (Å²) in [6.45, 7) is 11.7. The third-order valence-electron chi connectivity index (χ3n) is 10.3. The van der Waals surface area contributed by atoms with Crippen molar-refractivity contribution < 1.29 is 38.9 Å². The molecule has 9 atom stereocenters. The number of hydrogen-bond donors (Lipinski definition) is 5. The van der Waals surface area contributed by atoms with Crippen molar-refractivity contribution in [1.82, 2.24) is 25.8 Å². The van der Waals surface area contributed by atoms with Crippen LogP contribution in [-0.2, 0) is 35.1 Å². The Balaban J connectivity index is 2.23. The highest BCUT2D eigenvalue weighted by atomic mass is 16.5. The van der Waals surface area contributed by atoms with Gasteiger partial charge in [-0.15, -0.1) is 0 Å². The fourth-order valence-electron chi connectivity index (χ4n) is 7.17. The van der Waals surface area contributed by atoms with Gasteiger partial charge < -0.3 is 45.4 Å². The minimum absolute atomic E-state index is 0.00596. The van der Waals surface area contributed by atoms with Gasteiger partial charge in [-0.05, 0) is 43.2 Å². The Morgan fingerprint density at radius 1 is 0.961 bits per heavy atom. The van der Waals surface area contributed by atoms with Crippen LogP contribution >= 0.6 is 0 Å². The largest absolute Gasteiger partial charge is 0.394 e. The maximum absolute atomic E-state index is 14.1. The number of likely N-dealkylation sites (tertiary alicyclic amines) is 1. The Labute approximate surface area is 305 Å². The van der Waals surface area contributed by atoms with E-state index >= 15 is 0 Å². The fourth-order valence-corrected chi connectivity index (χ4v) is 7.17. The number of nitrogens with one attached hydrogen (secondary N) is 3. The molecule has 1 fully saturated rings. The Kier molecular flexibility index (Phi) is 19.1. The third kappa shape index (κ3) is 12.2. The van der Waals surface area contributed by atoms with Crippen LogP contribution in [0.1, 0.15) is 72.8 Å². The summed E-state index contributed by atoms with van der Waals surface area (Å²) in [5, 5.41) is 28.4. The van der Waals surface area contributed by atoms with Gasteiger partial charge in [0.2, 0.25) is 23.6 Å². The van der Waals surface area contributed by atoms with Crippen molar-refractivity contribution in [1.29, 1.82) is 0 Å². The molecule has 0 aromatic heterocycles. The molecule has 0 saturated carbocycles. The number of hydrogen-bond acceptors (Lipinski definition) is 9. The van der Waals surface area contributed by atoms with Crippen LogP contribution in [0.3, 0.4) is 0 Å². The van der Waals surface area contributed by atoms with Crippen molar-refractivity contribution in [3.8, 4) is 0 Å². The van der Waals surface area contributed by atoms with E-state index in [-0.39, 0.29) is 48.6 Å². The summed E-state index contributed by atoms with van der Waals surface area (Å²) in [4.78, 5) is 57.9. The summed E-state index contributed by atoms with van der Waals surface area (Å²) >= 11 is 0. The lowest BCUT2D eigenvalue weighted by Crippen LogP contribution is -2.59. The quantitative estimate of drug-likeness (QED) is 0.120. The number of benzene rings is 1. The topological polar surface area (TPSA) is 170 Å². The number of carbonyl (C=O) groups is 4. The smallest absolute Gasteiger partial charge is 0.245 e. The number of nitrogens with zero attached hydrogens (tertiary/aromatic N) is 2. The first-order valence-electron chi connectivity index (χ1n) is 18.5. The zero-order valence-corrected chi connectivity index (χ0v) is 32.3. The van der Waals surface area contributed by atoms with Gasteiger partial charge in [-0.1, -0.05) is 78.3 Å². The van der Waals surface area contributed by atoms with E-state index in [9.17, 15) is 29.4 Å². The van der Waals surface area contributed by atoms with Gasteiger partial charge in [0.15, 0.2) is 0 Å². The van der Waals surface area contributed by atoms with E-state index in [4.69, 9.17) is 9.47 Å². The molecule has 1 aliphatic rings. The Morgan fingerprint density at radius 3 is 2.16 bits per heavy atom. The predicted molar refractivity (Wildman–Crippen MR) is 197 cm³/mol. The van der Waals surface area contributed by atoms with E-state index < -0.39 is 54.8 Å². The Hall–Kier alpha value is -3.10. The Morgan fingerprint density at radius 2 is 1.63 bits per heavy atom. The molecule has 5 N–H and O–H groups in total. The third-order valence-corrected chi connectivity index (χ3v) is 10.3. The highest BCUT2D eigenvalue weighted by Crippen LogP contribution is 2.29. The second-order valence-corrected chi connectivity index (χ2v) is 14.2. The van der Waals surface area contributed by atoms with E-state index in [1.807, 2.05) is 65.0 Å². The number of ether oxygens (including phenoxy) is 2.